The molecule has 126 valence electrons. The van der Waals surface area contributed by atoms with Crippen LogP contribution in [0.2, 0.25) is 10.0 Å². The van der Waals surface area contributed by atoms with E-state index in [-0.39, 0.29) is 17.5 Å². The van der Waals surface area contributed by atoms with Crippen LogP contribution in [0, 0.1) is 0 Å². The molecule has 0 aliphatic heterocycles. The third-order valence-corrected chi connectivity index (χ3v) is 4.83. The zero-order valence-electron chi connectivity index (χ0n) is 12.9. The first-order valence-electron chi connectivity index (χ1n) is 7.22. The number of halogens is 2. The molecule has 0 aliphatic rings. The van der Waals surface area contributed by atoms with E-state index in [1.165, 1.54) is 22.3 Å². The van der Waals surface area contributed by atoms with Crippen LogP contribution in [0.1, 0.15) is 10.4 Å². The van der Waals surface area contributed by atoms with E-state index >= 15 is 0 Å². The molecule has 0 atom stereocenters. The predicted molar refractivity (Wildman–Crippen MR) is 101 cm³/mol. The van der Waals surface area contributed by atoms with Crippen molar-refractivity contribution >= 4 is 45.6 Å². The molecule has 2 aromatic heterocycles. The lowest BCUT2D eigenvalue weighted by Crippen LogP contribution is -2.31. The van der Waals surface area contributed by atoms with Crippen LogP contribution in [0.25, 0.3) is 10.6 Å². The van der Waals surface area contributed by atoms with Gasteiger partial charge in [0.1, 0.15) is 5.01 Å². The first-order valence-corrected chi connectivity index (χ1v) is 8.79. The van der Waals surface area contributed by atoms with Gasteiger partial charge < -0.3 is 0 Å². The van der Waals surface area contributed by atoms with Gasteiger partial charge in [0.05, 0.1) is 10.6 Å². The number of aromatic nitrogens is 3. The molecule has 0 bridgehead atoms. The van der Waals surface area contributed by atoms with Crippen LogP contribution in [-0.2, 0) is 0 Å². The minimum absolute atomic E-state index is 0.281. The molecule has 8 heteroatoms. The second-order valence-electron chi connectivity index (χ2n) is 4.95. The van der Waals surface area contributed by atoms with Crippen LogP contribution >= 0.6 is 34.5 Å². The van der Waals surface area contributed by atoms with E-state index in [0.717, 1.165) is 5.56 Å². The van der Waals surface area contributed by atoms with Gasteiger partial charge in [-0.25, -0.2) is 0 Å². The van der Waals surface area contributed by atoms with Crippen molar-refractivity contribution in [2.45, 2.75) is 0 Å². The third kappa shape index (κ3) is 3.87. The summed E-state index contributed by atoms with van der Waals surface area (Å²) in [5.41, 5.74) is 1.22. The normalized spacial score (nSPS) is 10.5. The van der Waals surface area contributed by atoms with Crippen molar-refractivity contribution in [1.29, 1.82) is 0 Å². The summed E-state index contributed by atoms with van der Waals surface area (Å²) >= 11 is 13.4. The molecule has 1 aromatic carbocycles. The van der Waals surface area contributed by atoms with Crippen molar-refractivity contribution < 1.29 is 4.79 Å². The van der Waals surface area contributed by atoms with Crippen molar-refractivity contribution in [3.63, 3.8) is 0 Å². The average Bonchev–Trinajstić information content (AvgIpc) is 3.09. The SMILES string of the molecule is C=CCN(C(=O)c1ccc(Cl)cc1Cl)c1nnc(-c2ccncc2)s1. The Morgan fingerprint density at radius 2 is 1.96 bits per heavy atom. The number of amides is 1. The Morgan fingerprint density at radius 1 is 1.20 bits per heavy atom. The van der Waals surface area contributed by atoms with Gasteiger partial charge in [-0.1, -0.05) is 40.6 Å². The molecule has 3 rings (SSSR count). The van der Waals surface area contributed by atoms with Crippen LogP contribution in [-0.4, -0.2) is 27.6 Å². The highest BCUT2D eigenvalue weighted by atomic mass is 35.5. The Balaban J connectivity index is 1.95. The minimum Gasteiger partial charge on any atom is -0.279 e. The van der Waals surface area contributed by atoms with Gasteiger partial charge in [-0.15, -0.1) is 16.8 Å². The van der Waals surface area contributed by atoms with Crippen LogP contribution in [0.4, 0.5) is 5.13 Å². The summed E-state index contributed by atoms with van der Waals surface area (Å²) in [7, 11) is 0. The highest BCUT2D eigenvalue weighted by Gasteiger charge is 2.23. The smallest absolute Gasteiger partial charge is 0.261 e. The number of hydrogen-bond acceptors (Lipinski definition) is 5. The number of hydrogen-bond donors (Lipinski definition) is 0. The highest BCUT2D eigenvalue weighted by molar-refractivity contribution is 7.18. The summed E-state index contributed by atoms with van der Waals surface area (Å²) in [5, 5.41) is 10.2. The maximum Gasteiger partial charge on any atom is 0.261 e. The molecule has 0 spiro atoms. The van der Waals surface area contributed by atoms with Crippen LogP contribution in [0.5, 0.6) is 0 Å². The summed E-state index contributed by atoms with van der Waals surface area (Å²) in [6.07, 6.45) is 4.97. The minimum atomic E-state index is -0.293. The predicted octanol–water partition coefficient (Wildman–Crippen LogP) is 4.74. The van der Waals surface area contributed by atoms with Gasteiger partial charge in [-0.3, -0.25) is 14.7 Å². The number of rotatable bonds is 5. The van der Waals surface area contributed by atoms with Crippen LogP contribution in [0.3, 0.4) is 0 Å². The van der Waals surface area contributed by atoms with Gasteiger partial charge in [0.25, 0.3) is 5.91 Å². The first kappa shape index (κ1) is 17.5. The molecular weight excluding hydrogens is 379 g/mol. The largest absolute Gasteiger partial charge is 0.279 e. The standard InChI is InChI=1S/C17H12Cl2N4OS/c1-2-9-23(16(24)13-4-3-12(18)10-14(13)19)17-22-21-15(25-17)11-5-7-20-8-6-11/h2-8,10H,1,9H2. The molecule has 0 N–H and O–H groups in total. The summed E-state index contributed by atoms with van der Waals surface area (Å²) in [5.74, 6) is -0.293. The maximum absolute atomic E-state index is 12.9. The summed E-state index contributed by atoms with van der Waals surface area (Å²) in [6.45, 7) is 3.98. The van der Waals surface area contributed by atoms with Gasteiger partial charge >= 0.3 is 0 Å². The van der Waals surface area contributed by atoms with E-state index in [1.807, 2.05) is 12.1 Å². The van der Waals surface area contributed by atoms with Crippen molar-refractivity contribution in [1.82, 2.24) is 15.2 Å². The fraction of sp³-hybridized carbons (Fsp3) is 0.0588. The van der Waals surface area contributed by atoms with Gasteiger partial charge in [-0.05, 0) is 30.3 Å². The van der Waals surface area contributed by atoms with E-state index < -0.39 is 0 Å². The molecular formula is C17H12Cl2N4OS. The number of pyridine rings is 1. The molecule has 1 amide bonds. The molecule has 25 heavy (non-hydrogen) atoms. The monoisotopic (exact) mass is 390 g/mol. The lowest BCUT2D eigenvalue weighted by atomic mass is 10.2. The number of benzene rings is 1. The molecule has 0 radical (unpaired) electrons. The topological polar surface area (TPSA) is 59.0 Å². The third-order valence-electron chi connectivity index (χ3n) is 3.29. The molecule has 0 saturated heterocycles. The van der Waals surface area contributed by atoms with E-state index in [1.54, 1.807) is 30.6 Å². The van der Waals surface area contributed by atoms with Gasteiger partial charge in [0.2, 0.25) is 5.13 Å². The fourth-order valence-corrected chi connectivity index (χ4v) is 3.47. The Morgan fingerprint density at radius 3 is 2.64 bits per heavy atom. The zero-order chi connectivity index (χ0) is 17.8. The van der Waals surface area contributed by atoms with Crippen LogP contribution in [0.15, 0.2) is 55.4 Å². The van der Waals surface area contributed by atoms with Gasteiger partial charge in [0, 0.05) is 29.5 Å². The molecule has 2 heterocycles. The maximum atomic E-state index is 12.9. The Bertz CT molecular complexity index is 914. The molecule has 5 nitrogen and oxygen atoms in total. The van der Waals surface area contributed by atoms with E-state index in [0.29, 0.717) is 20.7 Å². The Kier molecular flexibility index (Phi) is 5.43. The second-order valence-corrected chi connectivity index (χ2v) is 6.75. The van der Waals surface area contributed by atoms with Crippen molar-refractivity contribution in [3.8, 4) is 10.6 Å². The molecule has 0 fully saturated rings. The van der Waals surface area contributed by atoms with Gasteiger partial charge in [-0.2, -0.15) is 0 Å². The summed E-state index contributed by atoms with van der Waals surface area (Å²) < 4.78 is 0. The van der Waals surface area contributed by atoms with Crippen molar-refractivity contribution in [2.75, 3.05) is 11.4 Å². The quantitative estimate of drug-likeness (QED) is 0.590. The average molecular weight is 391 g/mol. The van der Waals surface area contributed by atoms with Crippen LogP contribution < -0.4 is 4.90 Å². The Labute approximate surface area is 158 Å². The molecule has 0 saturated carbocycles. The van der Waals surface area contributed by atoms with Crippen molar-refractivity contribution in [2.24, 2.45) is 0 Å². The Hall–Kier alpha value is -2.28. The summed E-state index contributed by atoms with van der Waals surface area (Å²) in [6, 6.07) is 8.41. The second kappa shape index (κ2) is 7.74. The molecule has 3 aromatic rings. The highest BCUT2D eigenvalue weighted by Crippen LogP contribution is 2.30. The van der Waals surface area contributed by atoms with E-state index in [9.17, 15) is 4.79 Å². The van der Waals surface area contributed by atoms with E-state index in [4.69, 9.17) is 23.2 Å². The lowest BCUT2D eigenvalue weighted by Gasteiger charge is -2.18. The number of anilines is 1. The molecule has 0 unspecified atom stereocenters. The van der Waals surface area contributed by atoms with Crippen molar-refractivity contribution in [3.05, 3.63) is 71.0 Å². The zero-order valence-corrected chi connectivity index (χ0v) is 15.2. The number of carbonyl (C=O) groups is 1. The number of carbonyl (C=O) groups excluding carboxylic acids is 1. The summed E-state index contributed by atoms with van der Waals surface area (Å²) in [4.78, 5) is 18.3. The first-order chi connectivity index (χ1) is 12.1. The van der Waals surface area contributed by atoms with E-state index in [2.05, 4.69) is 21.8 Å². The molecule has 0 aliphatic carbocycles. The van der Waals surface area contributed by atoms with Gasteiger partial charge in [0.15, 0.2) is 0 Å². The number of nitrogens with zero attached hydrogens (tertiary/aromatic N) is 4. The lowest BCUT2D eigenvalue weighted by molar-refractivity contribution is 0.0989. The fourth-order valence-electron chi connectivity index (χ4n) is 2.12.